The van der Waals surface area contributed by atoms with Gasteiger partial charge >= 0.3 is 6.09 Å². The Morgan fingerprint density at radius 3 is 2.62 bits per heavy atom. The van der Waals surface area contributed by atoms with Crippen LogP contribution in [0.25, 0.3) is 0 Å². The minimum absolute atomic E-state index is 0.246. The lowest BCUT2D eigenvalue weighted by molar-refractivity contribution is 0.144. The van der Waals surface area contributed by atoms with E-state index in [0.29, 0.717) is 51.0 Å². The molecule has 1 fully saturated rings. The van der Waals surface area contributed by atoms with Crippen molar-refractivity contribution in [1.82, 2.24) is 4.98 Å². The molecule has 0 atom stereocenters. The average molecular weight is 446 g/mol. The number of guanidine groups is 1. The highest BCUT2D eigenvalue weighted by atomic mass is 19.1. The maximum Gasteiger partial charge on any atom is 0.437 e. The maximum atomic E-state index is 15.0. The van der Waals surface area contributed by atoms with Crippen molar-refractivity contribution in [2.75, 3.05) is 56.3 Å². The Kier molecular flexibility index (Phi) is 8.03. The fourth-order valence-corrected chi connectivity index (χ4v) is 3.31. The summed E-state index contributed by atoms with van der Waals surface area (Å²) in [7, 11) is 1.62. The first-order valence-electron chi connectivity index (χ1n) is 10.1. The van der Waals surface area contributed by atoms with Crippen molar-refractivity contribution < 1.29 is 23.4 Å². The predicted molar refractivity (Wildman–Crippen MR) is 118 cm³/mol. The number of nitrogens with two attached hydrogens (primary N) is 2. The third kappa shape index (κ3) is 6.20. The fourth-order valence-electron chi connectivity index (χ4n) is 3.31. The van der Waals surface area contributed by atoms with Gasteiger partial charge in [-0.2, -0.15) is 0 Å². The van der Waals surface area contributed by atoms with Crippen LogP contribution in [0, 0.1) is 5.82 Å². The monoisotopic (exact) mass is 446 g/mol. The third-order valence-electron chi connectivity index (χ3n) is 4.87. The molecule has 172 valence electrons. The van der Waals surface area contributed by atoms with E-state index in [1.54, 1.807) is 31.5 Å². The first-order chi connectivity index (χ1) is 15.5. The van der Waals surface area contributed by atoms with Gasteiger partial charge in [0.2, 0.25) is 5.88 Å². The van der Waals surface area contributed by atoms with E-state index in [1.807, 2.05) is 17.0 Å². The molecule has 1 aromatic carbocycles. The molecule has 1 aliphatic rings. The van der Waals surface area contributed by atoms with Crippen molar-refractivity contribution in [3.8, 4) is 5.88 Å². The van der Waals surface area contributed by atoms with Gasteiger partial charge in [-0.1, -0.05) is 12.1 Å². The summed E-state index contributed by atoms with van der Waals surface area (Å²) in [4.78, 5) is 23.1. The number of carbonyl (C=O) groups is 1. The number of piperazine rings is 1. The smallest absolute Gasteiger partial charge is 0.437 e. The lowest BCUT2D eigenvalue weighted by Crippen LogP contribution is -2.46. The number of hydrogen-bond donors (Lipinski definition) is 2. The summed E-state index contributed by atoms with van der Waals surface area (Å²) in [5, 5.41) is 0. The van der Waals surface area contributed by atoms with Crippen molar-refractivity contribution in [3.63, 3.8) is 0 Å². The van der Waals surface area contributed by atoms with Crippen LogP contribution in [-0.2, 0) is 16.1 Å². The van der Waals surface area contributed by atoms with Gasteiger partial charge in [0.1, 0.15) is 13.2 Å². The Labute approximate surface area is 185 Å². The topological polar surface area (TPSA) is 129 Å². The van der Waals surface area contributed by atoms with E-state index < -0.39 is 17.9 Å². The number of benzene rings is 1. The number of methoxy groups -OCH3 is 1. The van der Waals surface area contributed by atoms with Gasteiger partial charge in [0.05, 0.1) is 12.3 Å². The summed E-state index contributed by atoms with van der Waals surface area (Å²) >= 11 is 0. The summed E-state index contributed by atoms with van der Waals surface area (Å²) in [6.07, 6.45) is 0.739. The SMILES string of the molecule is COCCOc1cc(N2CCN(c3cccc(COC(=O)N=C(N)N)c3F)CC2)ccn1. The molecule has 3 rings (SSSR count). The van der Waals surface area contributed by atoms with Crippen molar-refractivity contribution in [3.05, 3.63) is 47.9 Å². The van der Waals surface area contributed by atoms with E-state index in [1.165, 1.54) is 0 Å². The molecule has 0 saturated carbocycles. The molecule has 0 radical (unpaired) electrons. The quantitative estimate of drug-likeness (QED) is 0.352. The van der Waals surface area contributed by atoms with E-state index in [2.05, 4.69) is 14.9 Å². The zero-order chi connectivity index (χ0) is 22.9. The number of rotatable bonds is 8. The zero-order valence-corrected chi connectivity index (χ0v) is 17.9. The molecule has 1 aliphatic heterocycles. The number of nitrogens with zero attached hydrogens (tertiary/aromatic N) is 4. The van der Waals surface area contributed by atoms with Gasteiger partial charge in [0.25, 0.3) is 0 Å². The molecular formula is C21H27FN6O4. The standard InChI is InChI=1S/C21H27FN6O4/c1-30-11-12-31-18-13-16(5-6-25-18)27-7-9-28(10-8-27)17-4-2-3-15(19(17)22)14-32-21(29)26-20(23)24/h2-6,13H,7-12,14H2,1H3,(H4,23,24,26,29). The highest BCUT2D eigenvalue weighted by molar-refractivity contribution is 5.87. The third-order valence-corrected chi connectivity index (χ3v) is 4.87. The summed E-state index contributed by atoms with van der Waals surface area (Å²) < 4.78 is 30.5. The molecular weight excluding hydrogens is 419 g/mol. The van der Waals surface area contributed by atoms with E-state index >= 15 is 4.39 Å². The normalized spacial score (nSPS) is 13.6. The predicted octanol–water partition coefficient (Wildman–Crippen LogP) is 1.48. The lowest BCUT2D eigenvalue weighted by Gasteiger charge is -2.37. The highest BCUT2D eigenvalue weighted by Gasteiger charge is 2.21. The van der Waals surface area contributed by atoms with Crippen LogP contribution in [-0.4, -0.2) is 63.5 Å². The van der Waals surface area contributed by atoms with E-state index in [0.717, 1.165) is 5.69 Å². The number of anilines is 2. The van der Waals surface area contributed by atoms with Crippen LogP contribution in [0.1, 0.15) is 5.56 Å². The minimum Gasteiger partial charge on any atom is -0.475 e. The van der Waals surface area contributed by atoms with Crippen molar-refractivity contribution >= 4 is 23.4 Å². The van der Waals surface area contributed by atoms with Crippen LogP contribution in [0.15, 0.2) is 41.5 Å². The number of halogens is 1. The molecule has 0 unspecified atom stereocenters. The number of amides is 1. The minimum atomic E-state index is -0.966. The maximum absolute atomic E-state index is 15.0. The molecule has 10 nitrogen and oxygen atoms in total. The van der Waals surface area contributed by atoms with Gasteiger partial charge < -0.3 is 35.5 Å². The second-order valence-electron chi connectivity index (χ2n) is 7.01. The Hall–Kier alpha value is -3.60. The fraction of sp³-hybridized carbons (Fsp3) is 0.381. The van der Waals surface area contributed by atoms with Crippen molar-refractivity contribution in [1.29, 1.82) is 0 Å². The van der Waals surface area contributed by atoms with Gasteiger partial charge in [0, 0.05) is 56.8 Å². The lowest BCUT2D eigenvalue weighted by atomic mass is 10.1. The van der Waals surface area contributed by atoms with Gasteiger partial charge in [0.15, 0.2) is 11.8 Å². The van der Waals surface area contributed by atoms with Crippen LogP contribution in [0.5, 0.6) is 5.88 Å². The van der Waals surface area contributed by atoms with Crippen LogP contribution in [0.4, 0.5) is 20.6 Å². The molecule has 1 saturated heterocycles. The number of hydrogen-bond acceptors (Lipinski definition) is 7. The Bertz CT molecular complexity index is 946. The molecule has 1 aromatic heterocycles. The van der Waals surface area contributed by atoms with Gasteiger partial charge in [-0.25, -0.2) is 14.2 Å². The number of aliphatic imine (C=N–C) groups is 1. The number of carbonyl (C=O) groups excluding carboxylic acids is 1. The van der Waals surface area contributed by atoms with Gasteiger partial charge in [-0.3, -0.25) is 0 Å². The second-order valence-corrected chi connectivity index (χ2v) is 7.01. The van der Waals surface area contributed by atoms with Crippen LogP contribution >= 0.6 is 0 Å². The molecule has 0 aliphatic carbocycles. The molecule has 0 bridgehead atoms. The number of pyridine rings is 1. The van der Waals surface area contributed by atoms with E-state index in [-0.39, 0.29) is 12.2 Å². The summed E-state index contributed by atoms with van der Waals surface area (Å²) in [5.74, 6) is -0.308. The van der Waals surface area contributed by atoms with E-state index in [9.17, 15) is 4.79 Å². The first kappa shape index (κ1) is 23.1. The average Bonchev–Trinajstić information content (AvgIpc) is 2.78. The highest BCUT2D eigenvalue weighted by Crippen LogP contribution is 2.26. The number of aromatic nitrogens is 1. The van der Waals surface area contributed by atoms with Crippen molar-refractivity contribution in [2.24, 2.45) is 16.5 Å². The Balaban J connectivity index is 1.60. The van der Waals surface area contributed by atoms with Crippen LogP contribution < -0.4 is 26.0 Å². The van der Waals surface area contributed by atoms with Crippen LogP contribution in [0.3, 0.4) is 0 Å². The molecule has 2 aromatic rings. The molecule has 4 N–H and O–H groups in total. The molecule has 2 heterocycles. The Morgan fingerprint density at radius 1 is 1.16 bits per heavy atom. The summed E-state index contributed by atoms with van der Waals surface area (Å²) in [5.41, 5.74) is 12.0. The molecule has 11 heteroatoms. The van der Waals surface area contributed by atoms with Gasteiger partial charge in [-0.05, 0) is 12.1 Å². The van der Waals surface area contributed by atoms with Crippen molar-refractivity contribution in [2.45, 2.75) is 6.61 Å². The Morgan fingerprint density at radius 2 is 1.91 bits per heavy atom. The number of ether oxygens (including phenoxy) is 3. The van der Waals surface area contributed by atoms with E-state index in [4.69, 9.17) is 25.7 Å². The summed E-state index contributed by atoms with van der Waals surface area (Å²) in [6.45, 7) is 3.29. The zero-order valence-electron chi connectivity index (χ0n) is 17.9. The van der Waals surface area contributed by atoms with Gasteiger partial charge in [-0.15, -0.1) is 4.99 Å². The largest absolute Gasteiger partial charge is 0.475 e. The second kappa shape index (κ2) is 11.1. The van der Waals surface area contributed by atoms with Crippen LogP contribution in [0.2, 0.25) is 0 Å². The molecule has 1 amide bonds. The first-order valence-corrected chi connectivity index (χ1v) is 10.1. The molecule has 0 spiro atoms. The molecule has 32 heavy (non-hydrogen) atoms. The summed E-state index contributed by atoms with van der Waals surface area (Å²) in [6, 6.07) is 8.80.